The molecular formula is C28H27FN4O4. The fraction of sp³-hybridized carbons (Fsp3) is 0.214. The average molecular weight is 503 g/mol. The largest absolute Gasteiger partial charge is 0.356 e. The number of nitrogens with zero attached hydrogens (tertiary/aromatic N) is 2. The highest BCUT2D eigenvalue weighted by molar-refractivity contribution is 5.91. The van der Waals surface area contributed by atoms with Crippen LogP contribution >= 0.6 is 0 Å². The van der Waals surface area contributed by atoms with Crippen molar-refractivity contribution < 1.29 is 14.0 Å². The summed E-state index contributed by atoms with van der Waals surface area (Å²) in [7, 11) is 0. The van der Waals surface area contributed by atoms with Gasteiger partial charge in [0.05, 0.1) is 23.0 Å². The van der Waals surface area contributed by atoms with Crippen molar-refractivity contribution in [2.24, 2.45) is 0 Å². The summed E-state index contributed by atoms with van der Waals surface area (Å²) in [5.74, 6) is -1.15. The molecule has 2 N–H and O–H groups in total. The van der Waals surface area contributed by atoms with E-state index in [1.54, 1.807) is 48.5 Å². The molecule has 0 aliphatic heterocycles. The number of para-hydroxylation sites is 1. The summed E-state index contributed by atoms with van der Waals surface area (Å²) in [5, 5.41) is 5.70. The normalized spacial score (nSPS) is 10.9. The molecular weight excluding hydrogens is 475 g/mol. The molecule has 8 nitrogen and oxygen atoms in total. The maximum Gasteiger partial charge on any atom is 0.336 e. The number of carbonyl (C=O) groups is 2. The van der Waals surface area contributed by atoms with Crippen LogP contribution in [0.25, 0.3) is 16.6 Å². The van der Waals surface area contributed by atoms with E-state index >= 15 is 0 Å². The van der Waals surface area contributed by atoms with Gasteiger partial charge in [-0.2, -0.15) is 0 Å². The van der Waals surface area contributed by atoms with Gasteiger partial charge in [0.2, 0.25) is 11.8 Å². The van der Waals surface area contributed by atoms with Crippen LogP contribution in [0.4, 0.5) is 10.1 Å². The minimum atomic E-state index is -0.692. The molecule has 0 atom stereocenters. The summed E-state index contributed by atoms with van der Waals surface area (Å²) in [6.45, 7) is 2.28. The van der Waals surface area contributed by atoms with E-state index in [2.05, 4.69) is 10.6 Å². The zero-order valence-electron chi connectivity index (χ0n) is 20.4. The summed E-state index contributed by atoms with van der Waals surface area (Å²) < 4.78 is 15.7. The molecule has 37 heavy (non-hydrogen) atoms. The second-order valence-corrected chi connectivity index (χ2v) is 8.63. The number of rotatable bonds is 9. The number of anilines is 1. The van der Waals surface area contributed by atoms with Crippen molar-refractivity contribution in [3.05, 3.63) is 105 Å². The van der Waals surface area contributed by atoms with E-state index in [-0.39, 0.29) is 29.9 Å². The summed E-state index contributed by atoms with van der Waals surface area (Å²) in [6.07, 6.45) is 2.07. The number of benzene rings is 3. The quantitative estimate of drug-likeness (QED) is 0.343. The van der Waals surface area contributed by atoms with Gasteiger partial charge < -0.3 is 10.6 Å². The summed E-state index contributed by atoms with van der Waals surface area (Å²) in [6, 6.07) is 18.5. The first-order valence-corrected chi connectivity index (χ1v) is 12.0. The molecule has 2 amide bonds. The molecule has 0 aliphatic rings. The van der Waals surface area contributed by atoms with E-state index in [9.17, 15) is 23.6 Å². The highest BCUT2D eigenvalue weighted by Gasteiger charge is 2.17. The third-order valence-electron chi connectivity index (χ3n) is 5.87. The maximum absolute atomic E-state index is 13.5. The smallest absolute Gasteiger partial charge is 0.336 e. The minimum Gasteiger partial charge on any atom is -0.356 e. The number of halogens is 1. The van der Waals surface area contributed by atoms with E-state index in [0.717, 1.165) is 23.0 Å². The minimum absolute atomic E-state index is 0.101. The predicted octanol–water partition coefficient (Wildman–Crippen LogP) is 3.39. The Balaban J connectivity index is 1.66. The third-order valence-corrected chi connectivity index (χ3v) is 5.87. The number of amides is 2. The molecule has 0 spiro atoms. The molecule has 1 aromatic heterocycles. The molecule has 0 fully saturated rings. The van der Waals surface area contributed by atoms with Crippen molar-refractivity contribution in [3.63, 3.8) is 0 Å². The average Bonchev–Trinajstić information content (AvgIpc) is 2.88. The van der Waals surface area contributed by atoms with Gasteiger partial charge in [0, 0.05) is 12.2 Å². The maximum atomic E-state index is 13.5. The summed E-state index contributed by atoms with van der Waals surface area (Å²) >= 11 is 0. The van der Waals surface area contributed by atoms with Crippen LogP contribution in [0.15, 0.2) is 82.4 Å². The number of nitrogens with one attached hydrogen (secondary N) is 2. The lowest BCUT2D eigenvalue weighted by Gasteiger charge is -2.14. The van der Waals surface area contributed by atoms with E-state index in [1.807, 2.05) is 6.92 Å². The number of aromatic nitrogens is 2. The van der Waals surface area contributed by atoms with Crippen LogP contribution in [-0.2, 0) is 22.6 Å². The van der Waals surface area contributed by atoms with Crippen LogP contribution in [0.2, 0.25) is 0 Å². The van der Waals surface area contributed by atoms with Gasteiger partial charge in [-0.05, 0) is 54.4 Å². The topological polar surface area (TPSA) is 102 Å². The number of unbranched alkanes of at least 4 members (excludes halogenated alkanes) is 1. The molecule has 0 radical (unpaired) electrons. The van der Waals surface area contributed by atoms with Crippen LogP contribution in [0.5, 0.6) is 0 Å². The van der Waals surface area contributed by atoms with Gasteiger partial charge in [-0.25, -0.2) is 13.8 Å². The highest BCUT2D eigenvalue weighted by Crippen LogP contribution is 2.13. The zero-order valence-corrected chi connectivity index (χ0v) is 20.4. The fourth-order valence-corrected chi connectivity index (χ4v) is 4.03. The first kappa shape index (κ1) is 25.6. The first-order chi connectivity index (χ1) is 17.9. The van der Waals surface area contributed by atoms with Crippen molar-refractivity contribution in [1.29, 1.82) is 0 Å². The van der Waals surface area contributed by atoms with Crippen molar-refractivity contribution in [2.75, 3.05) is 11.9 Å². The molecule has 190 valence electrons. The molecule has 0 bridgehead atoms. The lowest BCUT2D eigenvalue weighted by atomic mass is 10.1. The van der Waals surface area contributed by atoms with Gasteiger partial charge in [0.15, 0.2) is 0 Å². The van der Waals surface area contributed by atoms with Crippen LogP contribution in [0, 0.1) is 5.82 Å². The number of hydrogen-bond acceptors (Lipinski definition) is 4. The van der Waals surface area contributed by atoms with Crippen molar-refractivity contribution in [1.82, 2.24) is 14.5 Å². The Hall–Kier alpha value is -4.53. The molecule has 0 unspecified atom stereocenters. The third kappa shape index (κ3) is 6.00. The molecule has 3 aromatic carbocycles. The molecule has 4 rings (SSSR count). The predicted molar refractivity (Wildman–Crippen MR) is 140 cm³/mol. The SMILES string of the molecule is CCCCNC(=O)Cc1ccc(-n2c(=O)c3ccccc3n(CC(=O)Nc3cccc(F)c3)c2=O)cc1. The Morgan fingerprint density at radius 3 is 2.41 bits per heavy atom. The molecule has 4 aromatic rings. The van der Waals surface area contributed by atoms with Gasteiger partial charge in [0.1, 0.15) is 12.4 Å². The summed E-state index contributed by atoms with van der Waals surface area (Å²) in [4.78, 5) is 51.6. The van der Waals surface area contributed by atoms with Gasteiger partial charge in [-0.3, -0.25) is 19.0 Å². The van der Waals surface area contributed by atoms with Crippen molar-refractivity contribution in [3.8, 4) is 5.69 Å². The number of fused-ring (bicyclic) bond motifs is 1. The van der Waals surface area contributed by atoms with Crippen molar-refractivity contribution >= 4 is 28.4 Å². The zero-order chi connectivity index (χ0) is 26.4. The van der Waals surface area contributed by atoms with Crippen LogP contribution in [0.3, 0.4) is 0 Å². The number of hydrogen-bond donors (Lipinski definition) is 2. The molecule has 9 heteroatoms. The molecule has 1 heterocycles. The van der Waals surface area contributed by atoms with E-state index in [1.165, 1.54) is 28.8 Å². The van der Waals surface area contributed by atoms with Gasteiger partial charge in [-0.15, -0.1) is 0 Å². The van der Waals surface area contributed by atoms with Crippen molar-refractivity contribution in [2.45, 2.75) is 32.7 Å². The second kappa shape index (κ2) is 11.5. The Bertz CT molecular complexity index is 1560. The Morgan fingerprint density at radius 1 is 0.919 bits per heavy atom. The molecule has 0 aliphatic carbocycles. The Labute approximate surface area is 212 Å². The van der Waals surface area contributed by atoms with Gasteiger partial charge >= 0.3 is 5.69 Å². The fourth-order valence-electron chi connectivity index (χ4n) is 4.03. The highest BCUT2D eigenvalue weighted by atomic mass is 19.1. The van der Waals surface area contributed by atoms with Crippen LogP contribution in [0.1, 0.15) is 25.3 Å². The summed E-state index contributed by atoms with van der Waals surface area (Å²) in [5.41, 5.74) is 0.403. The molecule has 0 saturated carbocycles. The first-order valence-electron chi connectivity index (χ1n) is 12.0. The monoisotopic (exact) mass is 502 g/mol. The lowest BCUT2D eigenvalue weighted by molar-refractivity contribution is -0.120. The second-order valence-electron chi connectivity index (χ2n) is 8.63. The lowest BCUT2D eigenvalue weighted by Crippen LogP contribution is -2.40. The standard InChI is InChI=1S/C28H27FN4O4/c1-2-3-15-30-25(34)16-19-11-13-22(14-12-19)33-27(36)23-9-4-5-10-24(23)32(28(33)37)18-26(35)31-21-8-6-7-20(29)17-21/h4-14,17H,2-3,15-16,18H2,1H3,(H,30,34)(H,31,35). The van der Waals surface area contributed by atoms with Gasteiger partial charge in [-0.1, -0.05) is 43.7 Å². The Kier molecular flexibility index (Phi) is 7.92. The number of carbonyl (C=O) groups excluding carboxylic acids is 2. The molecule has 0 saturated heterocycles. The van der Waals surface area contributed by atoms with Crippen LogP contribution in [-0.4, -0.2) is 27.5 Å². The van der Waals surface area contributed by atoms with Gasteiger partial charge in [0.25, 0.3) is 5.56 Å². The van der Waals surface area contributed by atoms with E-state index < -0.39 is 23.0 Å². The van der Waals surface area contributed by atoms with Crippen LogP contribution < -0.4 is 21.9 Å². The van der Waals surface area contributed by atoms with E-state index in [0.29, 0.717) is 17.7 Å². The Morgan fingerprint density at radius 2 is 1.68 bits per heavy atom. The van der Waals surface area contributed by atoms with E-state index in [4.69, 9.17) is 0 Å².